The van der Waals surface area contributed by atoms with E-state index in [1.807, 2.05) is 6.92 Å². The molecule has 1 aromatic carbocycles. The van der Waals surface area contributed by atoms with Crippen LogP contribution >= 0.6 is 0 Å². The molecule has 0 aromatic heterocycles. The number of nitrogens with one attached hydrogen (secondary N) is 1. The second-order valence-electron chi connectivity index (χ2n) is 5.13. The van der Waals surface area contributed by atoms with Gasteiger partial charge in [0.25, 0.3) is 0 Å². The third-order valence-electron chi connectivity index (χ3n) is 2.33. The van der Waals surface area contributed by atoms with E-state index in [2.05, 4.69) is 50.4 Å². The van der Waals surface area contributed by atoms with E-state index in [-0.39, 0.29) is 11.6 Å². The van der Waals surface area contributed by atoms with E-state index in [1.54, 1.807) is 0 Å². The zero-order chi connectivity index (χ0) is 11.5. The van der Waals surface area contributed by atoms with E-state index >= 15 is 0 Å². The molecule has 1 aromatic rings. The highest BCUT2D eigenvalue weighted by Crippen LogP contribution is 2.11. The highest BCUT2D eigenvalue weighted by Gasteiger charge is 2.08. The van der Waals surface area contributed by atoms with Gasteiger partial charge in [-0.25, -0.2) is 0 Å². The molecule has 15 heavy (non-hydrogen) atoms. The number of hydrogen-bond donors (Lipinski definition) is 2. The molecule has 1 atom stereocenters. The molecule has 3 N–H and O–H groups in total. The Morgan fingerprint density at radius 1 is 1.20 bits per heavy atom. The molecule has 2 heteroatoms. The third-order valence-corrected chi connectivity index (χ3v) is 2.33. The van der Waals surface area contributed by atoms with Crippen LogP contribution in [0.25, 0.3) is 0 Å². The summed E-state index contributed by atoms with van der Waals surface area (Å²) in [6.07, 6.45) is 0. The van der Waals surface area contributed by atoms with Crippen LogP contribution in [-0.4, -0.2) is 5.54 Å². The van der Waals surface area contributed by atoms with Gasteiger partial charge >= 0.3 is 0 Å². The maximum absolute atomic E-state index is 5.79. The fourth-order valence-electron chi connectivity index (χ4n) is 1.31. The van der Waals surface area contributed by atoms with Crippen LogP contribution in [0, 0.1) is 0 Å². The van der Waals surface area contributed by atoms with E-state index in [4.69, 9.17) is 5.73 Å². The van der Waals surface area contributed by atoms with Gasteiger partial charge in [0.15, 0.2) is 0 Å². The Kier molecular flexibility index (Phi) is 3.89. The molecule has 0 aliphatic carbocycles. The summed E-state index contributed by atoms with van der Waals surface area (Å²) >= 11 is 0. The van der Waals surface area contributed by atoms with Gasteiger partial charge in [-0.3, -0.25) is 0 Å². The Bertz CT molecular complexity index is 293. The number of nitrogens with two attached hydrogens (primary N) is 1. The van der Waals surface area contributed by atoms with Gasteiger partial charge < -0.3 is 11.1 Å². The van der Waals surface area contributed by atoms with Crippen molar-refractivity contribution in [2.24, 2.45) is 5.73 Å². The Morgan fingerprint density at radius 2 is 1.73 bits per heavy atom. The summed E-state index contributed by atoms with van der Waals surface area (Å²) in [7, 11) is 0. The standard InChI is InChI=1S/C13H22N2/c1-10(14)12-7-5-11(6-8-12)9-15-13(2,3)4/h5-8,10,15H,9,14H2,1-4H3/t10-/m0/s1. The van der Waals surface area contributed by atoms with Crippen molar-refractivity contribution < 1.29 is 0 Å². The van der Waals surface area contributed by atoms with Crippen molar-refractivity contribution in [2.75, 3.05) is 0 Å². The average molecular weight is 206 g/mol. The van der Waals surface area contributed by atoms with Crippen molar-refractivity contribution in [3.8, 4) is 0 Å². The van der Waals surface area contributed by atoms with Crippen LogP contribution in [0.4, 0.5) is 0 Å². The Labute approximate surface area is 92.9 Å². The predicted molar refractivity (Wildman–Crippen MR) is 65.6 cm³/mol. The maximum Gasteiger partial charge on any atom is 0.0266 e. The lowest BCUT2D eigenvalue weighted by molar-refractivity contribution is 0.424. The van der Waals surface area contributed by atoms with Crippen molar-refractivity contribution in [1.29, 1.82) is 0 Å². The molecular formula is C13H22N2. The summed E-state index contributed by atoms with van der Waals surface area (Å²) in [4.78, 5) is 0. The molecule has 0 amide bonds. The lowest BCUT2D eigenvalue weighted by Crippen LogP contribution is -2.35. The Hall–Kier alpha value is -0.860. The molecule has 0 saturated heterocycles. The van der Waals surface area contributed by atoms with Gasteiger partial charge in [0.2, 0.25) is 0 Å². The quantitative estimate of drug-likeness (QED) is 0.797. The Balaban J connectivity index is 2.57. The van der Waals surface area contributed by atoms with Crippen molar-refractivity contribution in [3.63, 3.8) is 0 Å². The van der Waals surface area contributed by atoms with Crippen LogP contribution in [0.3, 0.4) is 0 Å². The Morgan fingerprint density at radius 3 is 2.13 bits per heavy atom. The number of rotatable bonds is 3. The summed E-state index contributed by atoms with van der Waals surface area (Å²) in [5.74, 6) is 0. The van der Waals surface area contributed by atoms with Crippen molar-refractivity contribution in [3.05, 3.63) is 35.4 Å². The first-order chi connectivity index (χ1) is 6.88. The van der Waals surface area contributed by atoms with Gasteiger partial charge in [-0.05, 0) is 38.8 Å². The minimum Gasteiger partial charge on any atom is -0.324 e. The van der Waals surface area contributed by atoms with E-state index in [1.165, 1.54) is 11.1 Å². The third kappa shape index (κ3) is 4.45. The molecule has 0 heterocycles. The van der Waals surface area contributed by atoms with Crippen LogP contribution in [-0.2, 0) is 6.54 Å². The van der Waals surface area contributed by atoms with Gasteiger partial charge in [-0.1, -0.05) is 24.3 Å². The van der Waals surface area contributed by atoms with Gasteiger partial charge in [0.05, 0.1) is 0 Å². The van der Waals surface area contributed by atoms with Crippen LogP contribution in [0.1, 0.15) is 44.9 Å². The summed E-state index contributed by atoms with van der Waals surface area (Å²) in [5, 5.41) is 3.46. The molecule has 84 valence electrons. The second kappa shape index (κ2) is 4.77. The van der Waals surface area contributed by atoms with E-state index in [9.17, 15) is 0 Å². The summed E-state index contributed by atoms with van der Waals surface area (Å²) in [6, 6.07) is 8.60. The fourth-order valence-corrected chi connectivity index (χ4v) is 1.31. The zero-order valence-electron chi connectivity index (χ0n) is 10.2. The molecule has 2 nitrogen and oxygen atoms in total. The highest BCUT2D eigenvalue weighted by molar-refractivity contribution is 5.24. The first kappa shape index (κ1) is 12.2. The second-order valence-corrected chi connectivity index (χ2v) is 5.13. The zero-order valence-corrected chi connectivity index (χ0v) is 10.2. The van der Waals surface area contributed by atoms with Crippen molar-refractivity contribution >= 4 is 0 Å². The lowest BCUT2D eigenvalue weighted by Gasteiger charge is -2.20. The van der Waals surface area contributed by atoms with Crippen molar-refractivity contribution in [2.45, 2.75) is 45.8 Å². The normalized spacial score (nSPS) is 13.9. The summed E-state index contributed by atoms with van der Waals surface area (Å²) in [5.41, 5.74) is 8.45. The largest absolute Gasteiger partial charge is 0.324 e. The molecule has 0 unspecified atom stereocenters. The number of hydrogen-bond acceptors (Lipinski definition) is 2. The summed E-state index contributed by atoms with van der Waals surface area (Å²) < 4.78 is 0. The maximum atomic E-state index is 5.79. The molecule has 0 radical (unpaired) electrons. The molecule has 0 spiro atoms. The molecule has 0 aliphatic heterocycles. The van der Waals surface area contributed by atoms with Gasteiger partial charge in [-0.15, -0.1) is 0 Å². The first-order valence-electron chi connectivity index (χ1n) is 5.48. The monoisotopic (exact) mass is 206 g/mol. The average Bonchev–Trinajstić information content (AvgIpc) is 2.14. The smallest absolute Gasteiger partial charge is 0.0266 e. The van der Waals surface area contributed by atoms with Crippen LogP contribution in [0.2, 0.25) is 0 Å². The van der Waals surface area contributed by atoms with Crippen LogP contribution in [0.5, 0.6) is 0 Å². The van der Waals surface area contributed by atoms with E-state index in [0.29, 0.717) is 0 Å². The van der Waals surface area contributed by atoms with Crippen LogP contribution in [0.15, 0.2) is 24.3 Å². The van der Waals surface area contributed by atoms with Gasteiger partial charge in [0.1, 0.15) is 0 Å². The topological polar surface area (TPSA) is 38.0 Å². The van der Waals surface area contributed by atoms with E-state index < -0.39 is 0 Å². The summed E-state index contributed by atoms with van der Waals surface area (Å²) in [6.45, 7) is 9.42. The SMILES string of the molecule is C[C@H](N)c1ccc(CNC(C)(C)C)cc1. The molecule has 0 saturated carbocycles. The molecule has 0 aliphatic rings. The predicted octanol–water partition coefficient (Wildman–Crippen LogP) is 2.59. The number of benzene rings is 1. The van der Waals surface area contributed by atoms with Gasteiger partial charge in [-0.2, -0.15) is 0 Å². The molecule has 0 bridgehead atoms. The van der Waals surface area contributed by atoms with Crippen LogP contribution < -0.4 is 11.1 Å². The fraction of sp³-hybridized carbons (Fsp3) is 0.538. The first-order valence-corrected chi connectivity index (χ1v) is 5.48. The molecule has 0 fully saturated rings. The van der Waals surface area contributed by atoms with E-state index in [0.717, 1.165) is 6.54 Å². The highest BCUT2D eigenvalue weighted by atomic mass is 14.9. The minimum atomic E-state index is 0.120. The molecular weight excluding hydrogens is 184 g/mol. The molecule has 1 rings (SSSR count). The lowest BCUT2D eigenvalue weighted by atomic mass is 10.1. The minimum absolute atomic E-state index is 0.120. The van der Waals surface area contributed by atoms with Crippen molar-refractivity contribution in [1.82, 2.24) is 5.32 Å². The van der Waals surface area contributed by atoms with Gasteiger partial charge in [0, 0.05) is 18.1 Å².